The fourth-order valence-corrected chi connectivity index (χ4v) is 2.21. The van der Waals surface area contributed by atoms with E-state index in [1.807, 2.05) is 6.07 Å². The van der Waals surface area contributed by atoms with E-state index in [-0.39, 0.29) is 5.69 Å². The average molecular weight is 228 g/mol. The molecule has 14 heavy (non-hydrogen) atoms. The van der Waals surface area contributed by atoms with Crippen molar-refractivity contribution in [3.05, 3.63) is 40.5 Å². The first-order chi connectivity index (χ1) is 6.66. The zero-order chi connectivity index (χ0) is 10.1. The first kappa shape index (κ1) is 9.49. The van der Waals surface area contributed by atoms with Crippen molar-refractivity contribution < 1.29 is 4.39 Å². The number of hydrogen-bond donors (Lipinski definition) is 1. The normalized spacial score (nSPS) is 10.4. The van der Waals surface area contributed by atoms with Gasteiger partial charge in [-0.1, -0.05) is 17.7 Å². The number of benzene rings is 1. The van der Waals surface area contributed by atoms with Crippen LogP contribution in [0.15, 0.2) is 30.3 Å². The van der Waals surface area contributed by atoms with Gasteiger partial charge in [-0.3, -0.25) is 0 Å². The predicted octanol–water partition coefficient (Wildman–Crippen LogP) is 3.79. The molecule has 72 valence electrons. The lowest BCUT2D eigenvalue weighted by Gasteiger charge is -2.00. The second-order valence-electron chi connectivity index (χ2n) is 2.84. The van der Waals surface area contributed by atoms with Crippen molar-refractivity contribution in [3.63, 3.8) is 0 Å². The molecule has 0 bridgehead atoms. The molecule has 2 N–H and O–H groups in total. The van der Waals surface area contributed by atoms with Gasteiger partial charge >= 0.3 is 0 Å². The molecule has 1 aromatic heterocycles. The lowest BCUT2D eigenvalue weighted by molar-refractivity contribution is 0.633. The molecule has 0 spiro atoms. The quantitative estimate of drug-likeness (QED) is 0.737. The number of nitrogen functional groups attached to an aromatic ring is 1. The van der Waals surface area contributed by atoms with E-state index in [0.717, 1.165) is 10.4 Å². The maximum Gasteiger partial charge on any atom is 0.146 e. The molecule has 1 heterocycles. The standard InChI is InChI=1S/C10H7ClFNS/c11-10-4-3-9(14-10)6-1-2-7(12)8(13)5-6/h1-5H,13H2. The van der Waals surface area contributed by atoms with Gasteiger partial charge in [0.25, 0.3) is 0 Å². The Morgan fingerprint density at radius 2 is 2.00 bits per heavy atom. The highest BCUT2D eigenvalue weighted by molar-refractivity contribution is 7.19. The summed E-state index contributed by atoms with van der Waals surface area (Å²) in [6, 6.07) is 8.35. The lowest BCUT2D eigenvalue weighted by atomic mass is 10.1. The fourth-order valence-electron chi connectivity index (χ4n) is 1.17. The first-order valence-electron chi connectivity index (χ1n) is 3.97. The minimum absolute atomic E-state index is 0.159. The summed E-state index contributed by atoms with van der Waals surface area (Å²) in [7, 11) is 0. The second-order valence-corrected chi connectivity index (χ2v) is 4.56. The van der Waals surface area contributed by atoms with Crippen LogP contribution in [0.2, 0.25) is 4.34 Å². The van der Waals surface area contributed by atoms with E-state index in [9.17, 15) is 4.39 Å². The Balaban J connectivity index is 2.47. The van der Waals surface area contributed by atoms with E-state index in [1.165, 1.54) is 17.4 Å². The Hall–Kier alpha value is -1.06. The highest BCUT2D eigenvalue weighted by Crippen LogP contribution is 2.32. The van der Waals surface area contributed by atoms with Gasteiger partial charge < -0.3 is 5.73 Å². The lowest BCUT2D eigenvalue weighted by Crippen LogP contribution is -1.89. The van der Waals surface area contributed by atoms with Crippen LogP contribution in [-0.4, -0.2) is 0 Å². The largest absolute Gasteiger partial charge is 0.396 e. The van der Waals surface area contributed by atoms with Crippen molar-refractivity contribution in [2.75, 3.05) is 5.73 Å². The van der Waals surface area contributed by atoms with Gasteiger partial charge in [0.2, 0.25) is 0 Å². The zero-order valence-corrected chi connectivity index (χ0v) is 8.70. The van der Waals surface area contributed by atoms with E-state index in [1.54, 1.807) is 18.2 Å². The third-order valence-electron chi connectivity index (χ3n) is 1.85. The Morgan fingerprint density at radius 3 is 2.57 bits per heavy atom. The van der Waals surface area contributed by atoms with Crippen molar-refractivity contribution in [1.29, 1.82) is 0 Å². The van der Waals surface area contributed by atoms with Gasteiger partial charge in [0, 0.05) is 4.88 Å². The summed E-state index contributed by atoms with van der Waals surface area (Å²) in [5.41, 5.74) is 6.51. The summed E-state index contributed by atoms with van der Waals surface area (Å²) in [4.78, 5) is 0.988. The predicted molar refractivity (Wildman–Crippen MR) is 59.1 cm³/mol. The van der Waals surface area contributed by atoms with Crippen LogP contribution in [0.4, 0.5) is 10.1 Å². The van der Waals surface area contributed by atoms with E-state index >= 15 is 0 Å². The van der Waals surface area contributed by atoms with Gasteiger partial charge in [0.15, 0.2) is 0 Å². The molecular formula is C10H7ClFNS. The van der Waals surface area contributed by atoms with Crippen LogP contribution < -0.4 is 5.73 Å². The SMILES string of the molecule is Nc1cc(-c2ccc(Cl)s2)ccc1F. The van der Waals surface area contributed by atoms with E-state index in [2.05, 4.69) is 0 Å². The molecule has 0 aliphatic rings. The molecule has 0 fully saturated rings. The van der Waals surface area contributed by atoms with Gasteiger partial charge in [-0.05, 0) is 29.8 Å². The van der Waals surface area contributed by atoms with Crippen LogP contribution in [0.5, 0.6) is 0 Å². The number of halogens is 2. The van der Waals surface area contributed by atoms with Gasteiger partial charge in [-0.2, -0.15) is 0 Å². The summed E-state index contributed by atoms with van der Waals surface area (Å²) in [6.07, 6.45) is 0. The fraction of sp³-hybridized carbons (Fsp3) is 0. The number of thiophene rings is 1. The summed E-state index contributed by atoms with van der Waals surface area (Å²) in [6.45, 7) is 0. The summed E-state index contributed by atoms with van der Waals surface area (Å²) in [5.74, 6) is -0.392. The number of rotatable bonds is 1. The molecule has 1 nitrogen and oxygen atoms in total. The molecule has 0 radical (unpaired) electrons. The molecule has 2 rings (SSSR count). The molecule has 0 unspecified atom stereocenters. The van der Waals surface area contributed by atoms with Gasteiger partial charge in [0.05, 0.1) is 10.0 Å². The maximum absolute atomic E-state index is 12.9. The molecule has 4 heteroatoms. The summed E-state index contributed by atoms with van der Waals surface area (Å²) < 4.78 is 13.6. The topological polar surface area (TPSA) is 26.0 Å². The molecule has 2 aromatic rings. The molecule has 0 amide bonds. The van der Waals surface area contributed by atoms with Crippen LogP contribution in [-0.2, 0) is 0 Å². The van der Waals surface area contributed by atoms with Crippen molar-refractivity contribution in [2.24, 2.45) is 0 Å². The average Bonchev–Trinajstić information content (AvgIpc) is 2.57. The molecule has 0 aliphatic carbocycles. The van der Waals surface area contributed by atoms with Gasteiger partial charge in [-0.15, -0.1) is 11.3 Å². The molecule has 0 aliphatic heterocycles. The minimum atomic E-state index is -0.392. The molecule has 0 atom stereocenters. The van der Waals surface area contributed by atoms with Gasteiger partial charge in [0.1, 0.15) is 5.82 Å². The molecule has 0 saturated carbocycles. The number of hydrogen-bond acceptors (Lipinski definition) is 2. The van der Waals surface area contributed by atoms with Crippen molar-refractivity contribution in [1.82, 2.24) is 0 Å². The molecular weight excluding hydrogens is 221 g/mol. The van der Waals surface area contributed by atoms with Crippen LogP contribution >= 0.6 is 22.9 Å². The van der Waals surface area contributed by atoms with Crippen molar-refractivity contribution in [2.45, 2.75) is 0 Å². The maximum atomic E-state index is 12.9. The Kier molecular flexibility index (Phi) is 2.44. The Labute approximate surface area is 89.9 Å². The highest BCUT2D eigenvalue weighted by atomic mass is 35.5. The highest BCUT2D eigenvalue weighted by Gasteiger charge is 2.04. The second kappa shape index (κ2) is 3.59. The van der Waals surface area contributed by atoms with Crippen LogP contribution in [0, 0.1) is 5.82 Å². The third-order valence-corrected chi connectivity index (χ3v) is 3.13. The third kappa shape index (κ3) is 1.74. The summed E-state index contributed by atoms with van der Waals surface area (Å²) >= 11 is 7.24. The van der Waals surface area contributed by atoms with E-state index in [4.69, 9.17) is 17.3 Å². The summed E-state index contributed by atoms with van der Waals surface area (Å²) in [5, 5.41) is 0. The van der Waals surface area contributed by atoms with Crippen molar-refractivity contribution in [3.8, 4) is 10.4 Å². The number of nitrogens with two attached hydrogens (primary N) is 1. The smallest absolute Gasteiger partial charge is 0.146 e. The molecule has 1 aromatic carbocycles. The zero-order valence-electron chi connectivity index (χ0n) is 7.13. The van der Waals surface area contributed by atoms with Crippen LogP contribution in [0.1, 0.15) is 0 Å². The first-order valence-corrected chi connectivity index (χ1v) is 5.17. The Bertz CT molecular complexity index is 467. The minimum Gasteiger partial charge on any atom is -0.396 e. The monoisotopic (exact) mass is 227 g/mol. The van der Waals surface area contributed by atoms with Crippen LogP contribution in [0.25, 0.3) is 10.4 Å². The van der Waals surface area contributed by atoms with E-state index < -0.39 is 5.82 Å². The van der Waals surface area contributed by atoms with Gasteiger partial charge in [-0.25, -0.2) is 4.39 Å². The van der Waals surface area contributed by atoms with Crippen molar-refractivity contribution >= 4 is 28.6 Å². The molecule has 0 saturated heterocycles. The number of anilines is 1. The van der Waals surface area contributed by atoms with E-state index in [0.29, 0.717) is 4.34 Å². The Morgan fingerprint density at radius 1 is 1.21 bits per heavy atom. The van der Waals surface area contributed by atoms with Crippen LogP contribution in [0.3, 0.4) is 0 Å².